The van der Waals surface area contributed by atoms with E-state index < -0.39 is 12.0 Å². The van der Waals surface area contributed by atoms with E-state index in [0.29, 0.717) is 18.9 Å². The summed E-state index contributed by atoms with van der Waals surface area (Å²) in [6.45, 7) is 6.80. The van der Waals surface area contributed by atoms with Crippen molar-refractivity contribution in [3.05, 3.63) is 0 Å². The zero-order valence-electron chi connectivity index (χ0n) is 9.03. The maximum Gasteiger partial charge on any atom is 0.323 e. The molecule has 2 unspecified atom stereocenters. The first kappa shape index (κ1) is 11.5. The first-order valence-corrected chi connectivity index (χ1v) is 5.00. The molecule has 0 aliphatic carbocycles. The second-order valence-corrected chi connectivity index (χ2v) is 5.10. The molecular formula is C10H19NO3. The van der Waals surface area contributed by atoms with Crippen LogP contribution in [0.3, 0.4) is 0 Å². The zero-order chi connectivity index (χ0) is 10.9. The third-order valence-electron chi connectivity index (χ3n) is 3.08. The minimum Gasteiger partial charge on any atom is -0.480 e. The number of hydrogen-bond acceptors (Lipinski definition) is 3. The van der Waals surface area contributed by atoms with E-state index >= 15 is 0 Å². The molecule has 4 heteroatoms. The molecule has 0 spiro atoms. The molecule has 4 nitrogen and oxygen atoms in total. The lowest BCUT2D eigenvalue weighted by molar-refractivity contribution is -0.184. The number of carboxylic acid groups (broad SMARTS) is 1. The topological polar surface area (TPSA) is 60.8 Å². The van der Waals surface area contributed by atoms with Crippen molar-refractivity contribution in [2.45, 2.75) is 39.7 Å². The number of carboxylic acids is 1. The highest BCUT2D eigenvalue weighted by atomic mass is 16.5. The van der Waals surface area contributed by atoms with Gasteiger partial charge in [0.05, 0.1) is 0 Å². The minimum absolute atomic E-state index is 0.120. The monoisotopic (exact) mass is 201 g/mol. The van der Waals surface area contributed by atoms with Crippen LogP contribution in [-0.4, -0.2) is 33.9 Å². The largest absolute Gasteiger partial charge is 0.480 e. The Balaban J connectivity index is 2.67. The number of aliphatic carboxylic acids is 1. The molecule has 0 radical (unpaired) electrons. The molecule has 0 aromatic rings. The standard InChI is InChI=1S/C10H19NO3/c1-10(2,3)7-4-5-11(14)8(6-7)9(12)13/h7-8,14H,4-6H2,1-3H3,(H,12,13). The highest BCUT2D eigenvalue weighted by molar-refractivity contribution is 5.73. The maximum atomic E-state index is 10.8. The molecule has 14 heavy (non-hydrogen) atoms. The van der Waals surface area contributed by atoms with Gasteiger partial charge in [-0.05, 0) is 24.2 Å². The molecule has 1 aliphatic rings. The Kier molecular flexibility index (Phi) is 3.17. The van der Waals surface area contributed by atoms with Crippen molar-refractivity contribution >= 4 is 5.97 Å². The van der Waals surface area contributed by atoms with Crippen LogP contribution in [0.5, 0.6) is 0 Å². The van der Waals surface area contributed by atoms with E-state index in [0.717, 1.165) is 11.5 Å². The van der Waals surface area contributed by atoms with Gasteiger partial charge in [0.15, 0.2) is 0 Å². The summed E-state index contributed by atoms with van der Waals surface area (Å²) in [5.74, 6) is -0.562. The number of carbonyl (C=O) groups is 1. The number of rotatable bonds is 1. The Morgan fingerprint density at radius 2 is 2.00 bits per heavy atom. The lowest BCUT2D eigenvalue weighted by Crippen LogP contribution is -2.47. The Morgan fingerprint density at radius 3 is 2.43 bits per heavy atom. The van der Waals surface area contributed by atoms with Gasteiger partial charge < -0.3 is 10.3 Å². The first-order valence-electron chi connectivity index (χ1n) is 5.00. The van der Waals surface area contributed by atoms with Gasteiger partial charge in [-0.1, -0.05) is 20.8 Å². The van der Waals surface area contributed by atoms with E-state index in [2.05, 4.69) is 20.8 Å². The van der Waals surface area contributed by atoms with Crippen LogP contribution < -0.4 is 0 Å². The quantitative estimate of drug-likeness (QED) is 0.676. The molecule has 1 rings (SSSR count). The Labute approximate surface area is 84.5 Å². The number of hydrogen-bond donors (Lipinski definition) is 2. The van der Waals surface area contributed by atoms with Gasteiger partial charge in [-0.3, -0.25) is 4.79 Å². The van der Waals surface area contributed by atoms with Gasteiger partial charge >= 0.3 is 5.97 Å². The normalized spacial score (nSPS) is 30.3. The lowest BCUT2D eigenvalue weighted by atomic mass is 9.73. The fourth-order valence-electron chi connectivity index (χ4n) is 1.97. The van der Waals surface area contributed by atoms with Gasteiger partial charge in [-0.25, -0.2) is 0 Å². The Morgan fingerprint density at radius 1 is 1.43 bits per heavy atom. The molecule has 0 amide bonds. The highest BCUT2D eigenvalue weighted by Crippen LogP contribution is 2.36. The van der Waals surface area contributed by atoms with Gasteiger partial charge in [0.25, 0.3) is 0 Å². The lowest BCUT2D eigenvalue weighted by Gasteiger charge is -2.39. The second kappa shape index (κ2) is 3.87. The molecule has 0 aromatic carbocycles. The summed E-state index contributed by atoms with van der Waals surface area (Å²) in [7, 11) is 0. The molecule has 0 bridgehead atoms. The highest BCUT2D eigenvalue weighted by Gasteiger charge is 2.37. The molecule has 1 aliphatic heterocycles. The van der Waals surface area contributed by atoms with Crippen molar-refractivity contribution in [3.63, 3.8) is 0 Å². The van der Waals surface area contributed by atoms with Crippen LogP contribution >= 0.6 is 0 Å². The molecule has 1 saturated heterocycles. The van der Waals surface area contributed by atoms with Crippen LogP contribution in [0, 0.1) is 11.3 Å². The molecule has 1 fully saturated rings. The summed E-state index contributed by atoms with van der Waals surface area (Å²) < 4.78 is 0. The van der Waals surface area contributed by atoms with Gasteiger partial charge in [0, 0.05) is 6.54 Å². The molecule has 0 saturated carbocycles. The molecule has 82 valence electrons. The van der Waals surface area contributed by atoms with Crippen LogP contribution in [0.15, 0.2) is 0 Å². The number of hydroxylamine groups is 2. The predicted octanol–water partition coefficient (Wildman–Crippen LogP) is 1.59. The van der Waals surface area contributed by atoms with E-state index in [1.165, 1.54) is 0 Å². The van der Waals surface area contributed by atoms with Crippen molar-refractivity contribution in [2.75, 3.05) is 6.54 Å². The predicted molar refractivity (Wildman–Crippen MR) is 52.1 cm³/mol. The molecule has 2 atom stereocenters. The average molecular weight is 201 g/mol. The van der Waals surface area contributed by atoms with Gasteiger partial charge in [-0.15, -0.1) is 0 Å². The van der Waals surface area contributed by atoms with Crippen molar-refractivity contribution in [1.82, 2.24) is 5.06 Å². The van der Waals surface area contributed by atoms with Gasteiger partial charge in [0.2, 0.25) is 0 Å². The summed E-state index contributed by atoms with van der Waals surface area (Å²) in [6, 6.07) is -0.729. The third kappa shape index (κ3) is 2.45. The smallest absolute Gasteiger partial charge is 0.323 e. The van der Waals surface area contributed by atoms with E-state index in [9.17, 15) is 10.0 Å². The fourth-order valence-corrected chi connectivity index (χ4v) is 1.97. The SMILES string of the molecule is CC(C)(C)C1CCN(O)C(C(=O)O)C1. The zero-order valence-corrected chi connectivity index (χ0v) is 9.03. The van der Waals surface area contributed by atoms with Crippen molar-refractivity contribution in [3.8, 4) is 0 Å². The van der Waals surface area contributed by atoms with Crippen LogP contribution in [-0.2, 0) is 4.79 Å². The maximum absolute atomic E-state index is 10.8. The van der Waals surface area contributed by atoms with Crippen molar-refractivity contribution < 1.29 is 15.1 Å². The average Bonchev–Trinajstić information content (AvgIpc) is 2.02. The third-order valence-corrected chi connectivity index (χ3v) is 3.08. The van der Waals surface area contributed by atoms with Crippen molar-refractivity contribution in [1.29, 1.82) is 0 Å². The van der Waals surface area contributed by atoms with E-state index in [1.807, 2.05) is 0 Å². The molecular weight excluding hydrogens is 182 g/mol. The number of nitrogens with zero attached hydrogens (tertiary/aromatic N) is 1. The van der Waals surface area contributed by atoms with E-state index in [-0.39, 0.29) is 5.41 Å². The Hall–Kier alpha value is -0.610. The minimum atomic E-state index is -0.929. The van der Waals surface area contributed by atoms with Gasteiger partial charge in [0.1, 0.15) is 6.04 Å². The second-order valence-electron chi connectivity index (χ2n) is 5.10. The summed E-state index contributed by atoms with van der Waals surface area (Å²) in [4.78, 5) is 10.8. The summed E-state index contributed by atoms with van der Waals surface area (Å²) >= 11 is 0. The number of piperidine rings is 1. The Bertz CT molecular complexity index is 222. The summed E-state index contributed by atoms with van der Waals surface area (Å²) in [6.07, 6.45) is 1.40. The fraction of sp³-hybridized carbons (Fsp3) is 0.900. The molecule has 0 aromatic heterocycles. The van der Waals surface area contributed by atoms with Crippen LogP contribution in [0.4, 0.5) is 0 Å². The van der Waals surface area contributed by atoms with E-state index in [1.54, 1.807) is 0 Å². The molecule has 1 heterocycles. The van der Waals surface area contributed by atoms with Crippen LogP contribution in [0.1, 0.15) is 33.6 Å². The summed E-state index contributed by atoms with van der Waals surface area (Å²) in [5, 5.41) is 19.2. The van der Waals surface area contributed by atoms with Crippen LogP contribution in [0.25, 0.3) is 0 Å². The summed E-state index contributed by atoms with van der Waals surface area (Å²) in [5.41, 5.74) is 0.120. The van der Waals surface area contributed by atoms with Crippen LogP contribution in [0.2, 0.25) is 0 Å². The molecule has 2 N–H and O–H groups in total. The first-order chi connectivity index (χ1) is 6.32. The van der Waals surface area contributed by atoms with Gasteiger partial charge in [-0.2, -0.15) is 5.06 Å². The van der Waals surface area contributed by atoms with E-state index in [4.69, 9.17) is 5.11 Å². The van der Waals surface area contributed by atoms with Crippen molar-refractivity contribution in [2.24, 2.45) is 11.3 Å².